The van der Waals surface area contributed by atoms with E-state index in [0.717, 1.165) is 25.0 Å². The minimum atomic E-state index is -0.207. The predicted octanol–water partition coefficient (Wildman–Crippen LogP) is 1.36. The Kier molecular flexibility index (Phi) is 6.84. The summed E-state index contributed by atoms with van der Waals surface area (Å²) < 4.78 is 5.01. The van der Waals surface area contributed by atoms with Gasteiger partial charge in [-0.1, -0.05) is 6.92 Å². The first kappa shape index (κ1) is 17.3. The van der Waals surface area contributed by atoms with Crippen molar-refractivity contribution >= 4 is 36.0 Å². The molecule has 20 heavy (non-hydrogen) atoms. The van der Waals surface area contributed by atoms with E-state index in [1.54, 1.807) is 4.90 Å². The molecule has 0 radical (unpaired) electrons. The number of hydrogen-bond acceptors (Lipinski definition) is 3. The van der Waals surface area contributed by atoms with Crippen LogP contribution in [0.2, 0.25) is 0 Å². The van der Waals surface area contributed by atoms with E-state index in [1.165, 1.54) is 6.42 Å². The van der Waals surface area contributed by atoms with Crippen LogP contribution in [0.3, 0.4) is 0 Å². The smallest absolute Gasteiger partial charge is 0.409 e. The van der Waals surface area contributed by atoms with E-state index in [4.69, 9.17) is 4.74 Å². The summed E-state index contributed by atoms with van der Waals surface area (Å²) in [7, 11) is 1.81. The topological polar surface area (TPSA) is 57.2 Å². The molecule has 2 aliphatic rings. The Hall–Kier alpha value is -0.730. The lowest BCUT2D eigenvalue weighted by Crippen LogP contribution is -2.54. The van der Waals surface area contributed by atoms with Crippen LogP contribution in [0.15, 0.2) is 4.99 Å². The van der Waals surface area contributed by atoms with Gasteiger partial charge >= 0.3 is 6.09 Å². The number of carbonyl (C=O) groups is 1. The highest BCUT2D eigenvalue weighted by molar-refractivity contribution is 14.0. The first-order chi connectivity index (χ1) is 9.15. The molecule has 0 aromatic heterocycles. The lowest BCUT2D eigenvalue weighted by Gasteiger charge is -2.35. The van der Waals surface area contributed by atoms with Crippen LogP contribution in [0.5, 0.6) is 0 Å². The van der Waals surface area contributed by atoms with Crippen molar-refractivity contribution < 1.29 is 9.53 Å². The summed E-state index contributed by atoms with van der Waals surface area (Å²) in [5.41, 5.74) is 0. The van der Waals surface area contributed by atoms with Crippen molar-refractivity contribution in [3.8, 4) is 0 Å². The number of carbonyl (C=O) groups excluding carboxylic acids is 1. The van der Waals surface area contributed by atoms with E-state index in [2.05, 4.69) is 22.1 Å². The number of guanidine groups is 1. The molecule has 1 heterocycles. The van der Waals surface area contributed by atoms with Gasteiger partial charge in [0, 0.05) is 39.3 Å². The quantitative estimate of drug-likeness (QED) is 0.435. The number of piperazine rings is 1. The van der Waals surface area contributed by atoms with Gasteiger partial charge in [-0.3, -0.25) is 4.99 Å². The monoisotopic (exact) mass is 396 g/mol. The van der Waals surface area contributed by atoms with Gasteiger partial charge in [0.25, 0.3) is 0 Å². The maximum Gasteiger partial charge on any atom is 0.409 e. The minimum Gasteiger partial charge on any atom is -0.450 e. The van der Waals surface area contributed by atoms with Crippen molar-refractivity contribution in [2.45, 2.75) is 26.3 Å². The zero-order chi connectivity index (χ0) is 13.8. The molecule has 0 aromatic carbocycles. The molecule has 1 N–H and O–H groups in total. The van der Waals surface area contributed by atoms with Gasteiger partial charge < -0.3 is 19.9 Å². The fraction of sp³-hybridized carbons (Fsp3) is 0.846. The van der Waals surface area contributed by atoms with Crippen LogP contribution in [-0.2, 0) is 4.74 Å². The van der Waals surface area contributed by atoms with E-state index in [9.17, 15) is 4.79 Å². The molecule has 2 atom stereocenters. The van der Waals surface area contributed by atoms with Crippen LogP contribution in [0, 0.1) is 5.92 Å². The van der Waals surface area contributed by atoms with Gasteiger partial charge in [-0.05, 0) is 19.3 Å². The molecule has 6 nitrogen and oxygen atoms in total. The standard InChI is InChI=1S/C13H24N4O2.HI/c1-4-19-13(18)17-7-5-16(6-8-17)12(14-3)15-11-9-10(11)2;/h10-11H,4-9H2,1-3H3,(H,14,15);1H. The van der Waals surface area contributed by atoms with E-state index in [0.29, 0.717) is 25.7 Å². The number of hydrogen-bond donors (Lipinski definition) is 1. The van der Waals surface area contributed by atoms with Crippen LogP contribution in [0.1, 0.15) is 20.3 Å². The molecule has 7 heteroatoms. The summed E-state index contributed by atoms with van der Waals surface area (Å²) in [6, 6.07) is 0.571. The van der Waals surface area contributed by atoms with E-state index >= 15 is 0 Å². The maximum atomic E-state index is 11.6. The van der Waals surface area contributed by atoms with Crippen molar-refractivity contribution in [1.29, 1.82) is 0 Å². The van der Waals surface area contributed by atoms with Gasteiger partial charge in [-0.15, -0.1) is 24.0 Å². The molecule has 0 bridgehead atoms. The Balaban J connectivity index is 0.00000200. The van der Waals surface area contributed by atoms with Gasteiger partial charge in [0.1, 0.15) is 0 Å². The molecule has 2 unspecified atom stereocenters. The average Bonchev–Trinajstić information content (AvgIpc) is 3.12. The summed E-state index contributed by atoms with van der Waals surface area (Å²) in [4.78, 5) is 19.9. The summed E-state index contributed by atoms with van der Waals surface area (Å²) in [6.07, 6.45) is 1.02. The molecular weight excluding hydrogens is 371 g/mol. The fourth-order valence-corrected chi connectivity index (χ4v) is 2.30. The second kappa shape index (κ2) is 7.90. The third-order valence-electron chi connectivity index (χ3n) is 3.74. The Morgan fingerprint density at radius 1 is 1.30 bits per heavy atom. The van der Waals surface area contributed by atoms with Crippen LogP contribution < -0.4 is 5.32 Å². The number of nitrogens with zero attached hydrogens (tertiary/aromatic N) is 3. The molecule has 116 valence electrons. The first-order valence-electron chi connectivity index (χ1n) is 7.05. The van der Waals surface area contributed by atoms with Crippen molar-refractivity contribution in [3.05, 3.63) is 0 Å². The van der Waals surface area contributed by atoms with Crippen LogP contribution in [-0.4, -0.2) is 67.7 Å². The van der Waals surface area contributed by atoms with Crippen molar-refractivity contribution in [2.24, 2.45) is 10.9 Å². The number of rotatable bonds is 2. The van der Waals surface area contributed by atoms with Gasteiger partial charge in [-0.25, -0.2) is 4.79 Å². The lowest BCUT2D eigenvalue weighted by atomic mass is 10.3. The molecular formula is C13H25IN4O2. The lowest BCUT2D eigenvalue weighted by molar-refractivity contribution is 0.0914. The Morgan fingerprint density at radius 3 is 2.30 bits per heavy atom. The maximum absolute atomic E-state index is 11.6. The van der Waals surface area contributed by atoms with Crippen LogP contribution in [0.25, 0.3) is 0 Å². The Labute approximate surface area is 137 Å². The normalized spacial score (nSPS) is 25.9. The molecule has 1 saturated carbocycles. The number of amides is 1. The van der Waals surface area contributed by atoms with E-state index < -0.39 is 0 Å². The molecule has 0 aromatic rings. The zero-order valence-electron chi connectivity index (χ0n) is 12.5. The number of nitrogens with one attached hydrogen (secondary N) is 1. The Morgan fingerprint density at radius 2 is 1.85 bits per heavy atom. The second-order valence-electron chi connectivity index (χ2n) is 5.18. The average molecular weight is 396 g/mol. The highest BCUT2D eigenvalue weighted by atomic mass is 127. The van der Waals surface area contributed by atoms with Gasteiger partial charge in [0.2, 0.25) is 0 Å². The molecule has 0 spiro atoms. The third-order valence-corrected chi connectivity index (χ3v) is 3.74. The zero-order valence-corrected chi connectivity index (χ0v) is 14.8. The fourth-order valence-electron chi connectivity index (χ4n) is 2.30. The molecule has 1 saturated heterocycles. The van der Waals surface area contributed by atoms with Gasteiger partial charge in [-0.2, -0.15) is 0 Å². The third kappa shape index (κ3) is 4.39. The number of aliphatic imine (C=N–C) groups is 1. The predicted molar refractivity (Wildman–Crippen MR) is 89.6 cm³/mol. The van der Waals surface area contributed by atoms with E-state index in [1.807, 2.05) is 14.0 Å². The number of halogens is 1. The largest absolute Gasteiger partial charge is 0.450 e. The summed E-state index contributed by atoms with van der Waals surface area (Å²) in [5, 5.41) is 3.47. The number of ether oxygens (including phenoxy) is 1. The van der Waals surface area contributed by atoms with Crippen LogP contribution >= 0.6 is 24.0 Å². The van der Waals surface area contributed by atoms with Crippen molar-refractivity contribution in [3.63, 3.8) is 0 Å². The minimum absolute atomic E-state index is 0. The molecule has 2 rings (SSSR count). The SMILES string of the molecule is CCOC(=O)N1CCN(C(=NC)NC2CC2C)CC1.I. The summed E-state index contributed by atoms with van der Waals surface area (Å²) >= 11 is 0. The van der Waals surface area contributed by atoms with Crippen molar-refractivity contribution in [2.75, 3.05) is 39.8 Å². The van der Waals surface area contributed by atoms with Gasteiger partial charge in [0.15, 0.2) is 5.96 Å². The van der Waals surface area contributed by atoms with Crippen molar-refractivity contribution in [1.82, 2.24) is 15.1 Å². The molecule has 1 amide bonds. The molecule has 1 aliphatic heterocycles. The molecule has 2 fully saturated rings. The molecule has 1 aliphatic carbocycles. The summed E-state index contributed by atoms with van der Waals surface area (Å²) in [6.45, 7) is 7.50. The second-order valence-corrected chi connectivity index (χ2v) is 5.18. The van der Waals surface area contributed by atoms with Crippen LogP contribution in [0.4, 0.5) is 4.79 Å². The highest BCUT2D eigenvalue weighted by Gasteiger charge is 2.34. The van der Waals surface area contributed by atoms with Gasteiger partial charge in [0.05, 0.1) is 6.61 Å². The highest BCUT2D eigenvalue weighted by Crippen LogP contribution is 2.29. The summed E-state index contributed by atoms with van der Waals surface area (Å²) in [5.74, 6) is 1.70. The first-order valence-corrected chi connectivity index (χ1v) is 7.05. The Bertz CT molecular complexity index is 356. The van der Waals surface area contributed by atoms with E-state index in [-0.39, 0.29) is 30.1 Å².